The van der Waals surface area contributed by atoms with Crippen molar-refractivity contribution in [2.75, 3.05) is 6.61 Å². The lowest BCUT2D eigenvalue weighted by Gasteiger charge is -2.24. The van der Waals surface area contributed by atoms with Gasteiger partial charge in [0.15, 0.2) is 0 Å². The average Bonchev–Trinajstić information content (AvgIpc) is 2.80. The van der Waals surface area contributed by atoms with Crippen molar-refractivity contribution in [2.45, 2.75) is 57.7 Å². The van der Waals surface area contributed by atoms with Gasteiger partial charge >= 0.3 is 0 Å². The second-order valence-corrected chi connectivity index (χ2v) is 5.32. The van der Waals surface area contributed by atoms with Crippen molar-refractivity contribution >= 4 is 5.91 Å². The molecule has 1 saturated carbocycles. The maximum Gasteiger partial charge on any atom is 0.240 e. The fourth-order valence-electron chi connectivity index (χ4n) is 1.18. The number of carbonyl (C=O) groups excluding carboxylic acids is 1. The van der Waals surface area contributed by atoms with Crippen molar-refractivity contribution in [3.8, 4) is 0 Å². The highest BCUT2D eigenvalue weighted by molar-refractivity contribution is 5.86. The number of nitrogens with one attached hydrogen (secondary N) is 1. The number of ether oxygens (including phenoxy) is 1. The third kappa shape index (κ3) is 3.80. The van der Waals surface area contributed by atoms with Crippen molar-refractivity contribution in [3.63, 3.8) is 0 Å². The summed E-state index contributed by atoms with van der Waals surface area (Å²) in [6.07, 6.45) is 2.17. The minimum absolute atomic E-state index is 0.104. The van der Waals surface area contributed by atoms with E-state index in [9.17, 15) is 4.79 Å². The lowest BCUT2D eigenvalue weighted by atomic mass is 10.1. The summed E-state index contributed by atoms with van der Waals surface area (Å²) >= 11 is 0. The molecule has 0 aromatic heterocycles. The van der Waals surface area contributed by atoms with Crippen LogP contribution in [-0.2, 0) is 9.53 Å². The van der Waals surface area contributed by atoms with E-state index in [1.807, 2.05) is 13.8 Å². The molecule has 3 N–H and O–H groups in total. The van der Waals surface area contributed by atoms with Gasteiger partial charge in [-0.15, -0.1) is 0 Å². The topological polar surface area (TPSA) is 64.3 Å². The van der Waals surface area contributed by atoms with Gasteiger partial charge in [-0.3, -0.25) is 4.79 Å². The van der Waals surface area contributed by atoms with Crippen LogP contribution in [0, 0.1) is 0 Å². The fraction of sp³-hybridized carbons (Fsp3) is 0.909. The number of rotatable bonds is 5. The van der Waals surface area contributed by atoms with Gasteiger partial charge in [0.1, 0.15) is 0 Å². The van der Waals surface area contributed by atoms with Crippen LogP contribution in [0.3, 0.4) is 0 Å². The van der Waals surface area contributed by atoms with Gasteiger partial charge in [-0.1, -0.05) is 0 Å². The molecule has 0 saturated heterocycles. The average molecular weight is 214 g/mol. The smallest absolute Gasteiger partial charge is 0.240 e. The molecule has 0 unspecified atom stereocenters. The molecular weight excluding hydrogens is 192 g/mol. The molecule has 0 spiro atoms. The normalized spacial score (nSPS) is 19.1. The molecule has 4 heteroatoms. The lowest BCUT2D eigenvalue weighted by Crippen LogP contribution is -2.54. The van der Waals surface area contributed by atoms with Crippen LogP contribution in [0.2, 0.25) is 0 Å². The summed E-state index contributed by atoms with van der Waals surface area (Å²) in [6, 6.07) is 0. The molecule has 1 aliphatic rings. The zero-order valence-electron chi connectivity index (χ0n) is 10.1. The standard InChI is InChI=1S/C11H22N2O2/c1-8(2)15-7-11(5-6-11)13-9(14)10(3,4)12/h8H,5-7,12H2,1-4H3,(H,13,14). The number of amides is 1. The fourth-order valence-corrected chi connectivity index (χ4v) is 1.18. The summed E-state index contributed by atoms with van der Waals surface area (Å²) in [6.45, 7) is 7.99. The van der Waals surface area contributed by atoms with Gasteiger partial charge in [-0.05, 0) is 40.5 Å². The minimum Gasteiger partial charge on any atom is -0.376 e. The Morgan fingerprint density at radius 2 is 2.07 bits per heavy atom. The Labute approximate surface area is 91.5 Å². The Bertz CT molecular complexity index is 239. The highest BCUT2D eigenvalue weighted by Crippen LogP contribution is 2.36. The maximum atomic E-state index is 11.7. The molecule has 1 rings (SSSR count). The van der Waals surface area contributed by atoms with Crippen LogP contribution in [0.4, 0.5) is 0 Å². The maximum absolute atomic E-state index is 11.7. The van der Waals surface area contributed by atoms with E-state index in [4.69, 9.17) is 10.5 Å². The first-order chi connectivity index (χ1) is 6.75. The molecule has 88 valence electrons. The second-order valence-electron chi connectivity index (χ2n) is 5.32. The molecule has 0 aromatic rings. The number of nitrogens with two attached hydrogens (primary N) is 1. The monoisotopic (exact) mass is 214 g/mol. The Morgan fingerprint density at radius 3 is 2.40 bits per heavy atom. The number of hydrogen-bond acceptors (Lipinski definition) is 3. The zero-order chi connectivity index (χ0) is 11.7. The Kier molecular flexibility index (Phi) is 3.41. The van der Waals surface area contributed by atoms with Gasteiger partial charge in [0.2, 0.25) is 5.91 Å². The molecule has 0 aromatic carbocycles. The number of hydrogen-bond donors (Lipinski definition) is 2. The van der Waals surface area contributed by atoms with Gasteiger partial charge in [0.05, 0.1) is 23.8 Å². The molecule has 0 atom stereocenters. The van der Waals surface area contributed by atoms with Crippen molar-refractivity contribution in [3.05, 3.63) is 0 Å². The zero-order valence-corrected chi connectivity index (χ0v) is 10.1. The van der Waals surface area contributed by atoms with E-state index in [0.29, 0.717) is 6.61 Å². The third-order valence-corrected chi connectivity index (χ3v) is 2.51. The van der Waals surface area contributed by atoms with Crippen LogP contribution in [0.5, 0.6) is 0 Å². The van der Waals surface area contributed by atoms with E-state index >= 15 is 0 Å². The summed E-state index contributed by atoms with van der Waals surface area (Å²) < 4.78 is 5.53. The molecular formula is C11H22N2O2. The molecule has 4 nitrogen and oxygen atoms in total. The van der Waals surface area contributed by atoms with Crippen molar-refractivity contribution in [1.82, 2.24) is 5.32 Å². The largest absolute Gasteiger partial charge is 0.376 e. The highest BCUT2D eigenvalue weighted by Gasteiger charge is 2.46. The molecule has 0 bridgehead atoms. The highest BCUT2D eigenvalue weighted by atomic mass is 16.5. The van der Waals surface area contributed by atoms with Crippen LogP contribution in [-0.4, -0.2) is 29.7 Å². The summed E-state index contributed by atoms with van der Waals surface area (Å²) in [7, 11) is 0. The number of carbonyl (C=O) groups is 1. The Balaban J connectivity index is 2.41. The summed E-state index contributed by atoms with van der Waals surface area (Å²) in [5, 5.41) is 2.97. The van der Waals surface area contributed by atoms with E-state index in [0.717, 1.165) is 12.8 Å². The van der Waals surface area contributed by atoms with Crippen molar-refractivity contribution in [2.24, 2.45) is 5.73 Å². The second kappa shape index (κ2) is 4.10. The van der Waals surface area contributed by atoms with Crippen LogP contribution in [0.1, 0.15) is 40.5 Å². The van der Waals surface area contributed by atoms with Gasteiger partial charge in [-0.2, -0.15) is 0 Å². The summed E-state index contributed by atoms with van der Waals surface area (Å²) in [4.78, 5) is 11.7. The van der Waals surface area contributed by atoms with Crippen LogP contribution in [0.25, 0.3) is 0 Å². The SMILES string of the molecule is CC(C)OCC1(NC(=O)C(C)(C)N)CC1. The predicted octanol–water partition coefficient (Wildman–Crippen LogP) is 0.797. The molecule has 15 heavy (non-hydrogen) atoms. The molecule has 0 aliphatic heterocycles. The molecule has 1 fully saturated rings. The van der Waals surface area contributed by atoms with E-state index in [1.54, 1.807) is 13.8 Å². The minimum atomic E-state index is -0.812. The molecule has 0 heterocycles. The van der Waals surface area contributed by atoms with E-state index in [2.05, 4.69) is 5.32 Å². The third-order valence-electron chi connectivity index (χ3n) is 2.51. The van der Waals surface area contributed by atoms with Crippen LogP contribution in [0.15, 0.2) is 0 Å². The van der Waals surface area contributed by atoms with Gasteiger partial charge in [0.25, 0.3) is 0 Å². The Morgan fingerprint density at radius 1 is 1.53 bits per heavy atom. The molecule has 1 amide bonds. The van der Waals surface area contributed by atoms with E-state index in [1.165, 1.54) is 0 Å². The molecule has 0 radical (unpaired) electrons. The predicted molar refractivity (Wildman–Crippen MR) is 59.5 cm³/mol. The van der Waals surface area contributed by atoms with E-state index in [-0.39, 0.29) is 17.6 Å². The van der Waals surface area contributed by atoms with Crippen LogP contribution >= 0.6 is 0 Å². The first-order valence-electron chi connectivity index (χ1n) is 5.48. The first kappa shape index (κ1) is 12.5. The van der Waals surface area contributed by atoms with Gasteiger partial charge in [0, 0.05) is 0 Å². The lowest BCUT2D eigenvalue weighted by molar-refractivity contribution is -0.127. The summed E-state index contributed by atoms with van der Waals surface area (Å²) in [5.74, 6) is -0.104. The quantitative estimate of drug-likeness (QED) is 0.711. The summed E-state index contributed by atoms with van der Waals surface area (Å²) in [5.41, 5.74) is 4.76. The molecule has 1 aliphatic carbocycles. The van der Waals surface area contributed by atoms with Crippen molar-refractivity contribution < 1.29 is 9.53 Å². The Hall–Kier alpha value is -0.610. The van der Waals surface area contributed by atoms with Crippen LogP contribution < -0.4 is 11.1 Å². The first-order valence-corrected chi connectivity index (χ1v) is 5.48. The van der Waals surface area contributed by atoms with E-state index < -0.39 is 5.54 Å². The van der Waals surface area contributed by atoms with Gasteiger partial charge < -0.3 is 15.8 Å². The van der Waals surface area contributed by atoms with Crippen molar-refractivity contribution in [1.29, 1.82) is 0 Å². The van der Waals surface area contributed by atoms with Gasteiger partial charge in [-0.25, -0.2) is 0 Å².